The summed E-state index contributed by atoms with van der Waals surface area (Å²) < 4.78 is 6.70. The van der Waals surface area contributed by atoms with Gasteiger partial charge in [-0.25, -0.2) is 0 Å². The first-order chi connectivity index (χ1) is 9.11. The van der Waals surface area contributed by atoms with Crippen molar-refractivity contribution >= 4 is 0 Å². The van der Waals surface area contributed by atoms with Crippen molar-refractivity contribution < 1.29 is 9.84 Å². The van der Waals surface area contributed by atoms with Crippen molar-refractivity contribution in [2.45, 2.75) is 19.6 Å². The summed E-state index contributed by atoms with van der Waals surface area (Å²) >= 11 is 0. The number of para-hydroxylation sites is 1. The van der Waals surface area contributed by atoms with E-state index in [-0.39, 0.29) is 12.1 Å². The van der Waals surface area contributed by atoms with Crippen molar-refractivity contribution in [3.8, 4) is 5.75 Å². The molecular formula is C15H17NO3. The number of rotatable bonds is 4. The normalized spacial score (nSPS) is 12.2. The van der Waals surface area contributed by atoms with Crippen LogP contribution in [0, 0.1) is 6.92 Å². The molecule has 1 N–H and O–H groups in total. The van der Waals surface area contributed by atoms with Crippen LogP contribution in [0.3, 0.4) is 0 Å². The van der Waals surface area contributed by atoms with E-state index in [1.807, 2.05) is 25.1 Å². The highest BCUT2D eigenvalue weighted by Crippen LogP contribution is 2.25. The van der Waals surface area contributed by atoms with Crippen LogP contribution in [0.15, 0.2) is 47.4 Å². The predicted octanol–water partition coefficient (Wildman–Crippen LogP) is 1.90. The highest BCUT2D eigenvalue weighted by atomic mass is 16.5. The number of aliphatic hydroxyl groups excluding tert-OH is 1. The summed E-state index contributed by atoms with van der Waals surface area (Å²) in [5.74, 6) is 0.621. The summed E-state index contributed by atoms with van der Waals surface area (Å²) in [5.41, 5.74) is 1.47. The van der Waals surface area contributed by atoms with E-state index in [0.29, 0.717) is 11.3 Å². The quantitative estimate of drug-likeness (QED) is 0.912. The number of nitrogens with zero attached hydrogens (tertiary/aromatic N) is 1. The van der Waals surface area contributed by atoms with Gasteiger partial charge in [-0.2, -0.15) is 0 Å². The Bertz CT molecular complexity index is 619. The molecule has 2 aromatic rings. The molecule has 1 aromatic heterocycles. The molecule has 0 aliphatic carbocycles. The van der Waals surface area contributed by atoms with E-state index in [0.717, 1.165) is 5.56 Å². The molecule has 4 heteroatoms. The molecule has 100 valence electrons. The number of aliphatic hydroxyl groups is 1. The average molecular weight is 259 g/mol. The van der Waals surface area contributed by atoms with Gasteiger partial charge in [0, 0.05) is 17.8 Å². The maximum atomic E-state index is 11.8. The fraction of sp³-hybridized carbons (Fsp3) is 0.267. The van der Waals surface area contributed by atoms with Gasteiger partial charge in [-0.15, -0.1) is 0 Å². The largest absolute Gasteiger partial charge is 0.496 e. The maximum absolute atomic E-state index is 11.8. The Labute approximate surface area is 111 Å². The van der Waals surface area contributed by atoms with E-state index in [4.69, 9.17) is 4.74 Å². The Hall–Kier alpha value is -2.07. The lowest BCUT2D eigenvalue weighted by Crippen LogP contribution is -2.22. The van der Waals surface area contributed by atoms with Crippen molar-refractivity contribution in [3.05, 3.63) is 64.1 Å². The fourth-order valence-corrected chi connectivity index (χ4v) is 1.98. The number of methoxy groups -OCH3 is 1. The highest BCUT2D eigenvalue weighted by molar-refractivity contribution is 5.34. The van der Waals surface area contributed by atoms with E-state index in [2.05, 4.69) is 0 Å². The molecule has 0 aliphatic heterocycles. The molecule has 1 unspecified atom stereocenters. The number of aromatic nitrogens is 1. The standard InChI is InChI=1S/C15H17NO3/c1-11-7-8-16(15(18)9-11)10-13(17)12-5-3-4-6-14(12)19-2/h3-9,13,17H,10H2,1-2H3. The summed E-state index contributed by atoms with van der Waals surface area (Å²) in [7, 11) is 1.56. The van der Waals surface area contributed by atoms with Crippen molar-refractivity contribution in [3.63, 3.8) is 0 Å². The molecule has 0 radical (unpaired) electrons. The molecule has 1 aromatic carbocycles. The van der Waals surface area contributed by atoms with E-state index in [1.54, 1.807) is 31.5 Å². The monoisotopic (exact) mass is 259 g/mol. The second-order valence-electron chi connectivity index (χ2n) is 4.45. The lowest BCUT2D eigenvalue weighted by atomic mass is 10.1. The van der Waals surface area contributed by atoms with Crippen LogP contribution in [0.1, 0.15) is 17.2 Å². The van der Waals surface area contributed by atoms with Gasteiger partial charge in [0.05, 0.1) is 13.7 Å². The molecule has 0 bridgehead atoms. The second-order valence-corrected chi connectivity index (χ2v) is 4.45. The molecule has 0 spiro atoms. The molecule has 0 aliphatic rings. The predicted molar refractivity (Wildman–Crippen MR) is 73.4 cm³/mol. The van der Waals surface area contributed by atoms with Gasteiger partial charge >= 0.3 is 0 Å². The lowest BCUT2D eigenvalue weighted by Gasteiger charge is -2.16. The third-order valence-electron chi connectivity index (χ3n) is 3.02. The zero-order valence-corrected chi connectivity index (χ0v) is 11.0. The Morgan fingerprint density at radius 3 is 2.74 bits per heavy atom. The molecular weight excluding hydrogens is 242 g/mol. The van der Waals surface area contributed by atoms with E-state index in [1.165, 1.54) is 4.57 Å². The van der Waals surface area contributed by atoms with Gasteiger partial charge in [-0.1, -0.05) is 18.2 Å². The van der Waals surface area contributed by atoms with Gasteiger partial charge in [-0.3, -0.25) is 4.79 Å². The number of benzene rings is 1. The van der Waals surface area contributed by atoms with E-state index < -0.39 is 6.10 Å². The van der Waals surface area contributed by atoms with Crippen LogP contribution >= 0.6 is 0 Å². The van der Waals surface area contributed by atoms with Crippen molar-refractivity contribution in [2.75, 3.05) is 7.11 Å². The minimum Gasteiger partial charge on any atom is -0.496 e. The summed E-state index contributed by atoms with van der Waals surface area (Å²) in [6.45, 7) is 2.07. The number of hydrogen-bond donors (Lipinski definition) is 1. The molecule has 0 amide bonds. The highest BCUT2D eigenvalue weighted by Gasteiger charge is 2.13. The molecule has 2 rings (SSSR count). The summed E-state index contributed by atoms with van der Waals surface area (Å²) in [6, 6.07) is 10.6. The maximum Gasteiger partial charge on any atom is 0.250 e. The fourth-order valence-electron chi connectivity index (χ4n) is 1.98. The molecule has 4 nitrogen and oxygen atoms in total. The van der Waals surface area contributed by atoms with Gasteiger partial charge in [0.2, 0.25) is 0 Å². The first-order valence-corrected chi connectivity index (χ1v) is 6.10. The molecule has 0 fully saturated rings. The Balaban J connectivity index is 2.25. The van der Waals surface area contributed by atoms with Gasteiger partial charge in [0.1, 0.15) is 11.9 Å². The Kier molecular flexibility index (Phi) is 4.02. The van der Waals surface area contributed by atoms with Crippen LogP contribution in [0.25, 0.3) is 0 Å². The second kappa shape index (κ2) is 5.71. The van der Waals surface area contributed by atoms with Crippen LogP contribution < -0.4 is 10.3 Å². The SMILES string of the molecule is COc1ccccc1C(O)Cn1ccc(C)cc1=O. The van der Waals surface area contributed by atoms with E-state index in [9.17, 15) is 9.90 Å². The number of aryl methyl sites for hydroxylation is 1. The van der Waals surface area contributed by atoms with Crippen molar-refractivity contribution in [1.29, 1.82) is 0 Å². The van der Waals surface area contributed by atoms with Crippen LogP contribution in [0.4, 0.5) is 0 Å². The first-order valence-electron chi connectivity index (χ1n) is 6.10. The average Bonchev–Trinajstić information content (AvgIpc) is 2.41. The third-order valence-corrected chi connectivity index (χ3v) is 3.02. The van der Waals surface area contributed by atoms with Gasteiger partial charge in [0.15, 0.2) is 0 Å². The van der Waals surface area contributed by atoms with Gasteiger partial charge < -0.3 is 14.4 Å². The molecule has 0 saturated carbocycles. The minimum atomic E-state index is -0.781. The zero-order chi connectivity index (χ0) is 13.8. The van der Waals surface area contributed by atoms with Gasteiger partial charge in [-0.05, 0) is 24.6 Å². The summed E-state index contributed by atoms with van der Waals surface area (Å²) in [5, 5.41) is 10.2. The third kappa shape index (κ3) is 3.03. The van der Waals surface area contributed by atoms with Crippen LogP contribution in [0.5, 0.6) is 5.75 Å². The topological polar surface area (TPSA) is 51.5 Å². The number of ether oxygens (including phenoxy) is 1. The van der Waals surface area contributed by atoms with Gasteiger partial charge in [0.25, 0.3) is 5.56 Å². The minimum absolute atomic E-state index is 0.117. The van der Waals surface area contributed by atoms with Crippen molar-refractivity contribution in [2.24, 2.45) is 0 Å². The Morgan fingerprint density at radius 1 is 1.32 bits per heavy atom. The van der Waals surface area contributed by atoms with Crippen molar-refractivity contribution in [1.82, 2.24) is 4.57 Å². The lowest BCUT2D eigenvalue weighted by molar-refractivity contribution is 0.151. The summed E-state index contributed by atoms with van der Waals surface area (Å²) in [4.78, 5) is 11.8. The zero-order valence-electron chi connectivity index (χ0n) is 11.0. The number of hydrogen-bond acceptors (Lipinski definition) is 3. The van der Waals surface area contributed by atoms with Crippen LogP contribution in [0.2, 0.25) is 0 Å². The summed E-state index contributed by atoms with van der Waals surface area (Å²) in [6.07, 6.45) is 0.910. The Morgan fingerprint density at radius 2 is 2.05 bits per heavy atom. The molecule has 1 heterocycles. The molecule has 0 saturated heterocycles. The number of pyridine rings is 1. The van der Waals surface area contributed by atoms with E-state index >= 15 is 0 Å². The van der Waals surface area contributed by atoms with Crippen LogP contribution in [-0.2, 0) is 6.54 Å². The molecule has 1 atom stereocenters. The van der Waals surface area contributed by atoms with Crippen LogP contribution in [-0.4, -0.2) is 16.8 Å². The molecule has 19 heavy (non-hydrogen) atoms. The smallest absolute Gasteiger partial charge is 0.250 e. The first kappa shape index (κ1) is 13.4.